The SMILES string of the molecule is COc1cc(N=Nc2ccc(N=Nc3ccccc3)cc2S(=O)(=O)O)c(C)cc1Cc1nc(Cc2ccc(N=Nc3ccc(N=Nc4ccc(S(=O)(=O)O)cc4)cc3)c(C)c2)nc(NCCNc2nc(Nc3ccc(N=Nc4ccc(N=Nc5ccccc5)cc4S(=O)(=O)O)c(C)c3)nc(Nc3cc(C)c(N=Nc4ccc(N=Nc5ccc(S(=O)(=O)O)cc5)cc4)cc3CO)n2)n1.O=S(=O)=O.O=S(=O)=O.O=S(=O)=O.O=S(=O)=O. The highest BCUT2D eigenvalue weighted by Crippen LogP contribution is 2.39. The van der Waals surface area contributed by atoms with Crippen molar-refractivity contribution in [1.29, 1.82) is 0 Å². The molecule has 0 amide bonds. The largest absolute Gasteiger partial charge is 0.496 e. The monoisotopic (exact) mass is 2170 g/mol. The number of rotatable bonds is 35. The van der Waals surface area contributed by atoms with Crippen LogP contribution in [0.1, 0.15) is 50.6 Å². The van der Waals surface area contributed by atoms with E-state index in [1.54, 1.807) is 160 Å². The van der Waals surface area contributed by atoms with Gasteiger partial charge >= 0.3 is 42.4 Å². The van der Waals surface area contributed by atoms with Gasteiger partial charge in [0, 0.05) is 54.5 Å². The van der Waals surface area contributed by atoms with Crippen LogP contribution in [0.4, 0.5) is 126 Å². The molecule has 0 spiro atoms. The molecule has 9 N–H and O–H groups in total. The van der Waals surface area contributed by atoms with E-state index < -0.39 is 99.3 Å². The number of anilines is 6. The molecule has 0 aliphatic carbocycles. The summed E-state index contributed by atoms with van der Waals surface area (Å²) < 4.78 is 243. The van der Waals surface area contributed by atoms with Gasteiger partial charge in [-0.25, -0.2) is 4.98 Å². The first-order valence-corrected chi connectivity index (χ1v) is 51.3. The molecule has 52 nitrogen and oxygen atoms in total. The van der Waals surface area contributed by atoms with Crippen LogP contribution in [0, 0.1) is 27.7 Å². The number of benzene rings is 12. The number of hydrogen-bond acceptors (Lipinski definition) is 48. The second-order valence-electron chi connectivity index (χ2n) is 29.6. The topological polar surface area (TPSA) is 775 Å². The van der Waals surface area contributed by atoms with E-state index in [1.807, 2.05) is 37.3 Å². The van der Waals surface area contributed by atoms with Gasteiger partial charge in [0.1, 0.15) is 38.6 Å². The smallest absolute Gasteiger partial charge is 0.425 e. The van der Waals surface area contributed by atoms with Crippen molar-refractivity contribution >= 4 is 209 Å². The standard InChI is InChI=1S/C88H76N26O14S4.4O3S/c1-53-42-57(16-36-73(53)109-105-64-21-17-62(18-22-64)101-103-66-25-32-71(33-26-66)129(116,117)118)46-83-93-84(48-58-43-54(2)78(51-80(58)128-5)114-112-76-39-31-70(50-82(76)132(125,126)127)108-100-61-14-10-7-11-15-61)95-85(94-83)89-40-41-90-86-96-87(91-68-29-37-74(55(3)44-68)110-111-75-38-30-69(49-81(75)131(122,123)124)107-99-60-12-8-6-9-13-60)98-88(97-86)92-79-45-56(4)77(47-59(79)52-115)113-106-65-23-19-63(20-24-65)102-104-67-27-34-72(35-28-67)130(119,120)121;4*1-4(2)3/h6-39,42-45,47,49-51,115H,40-41,46,48,52H2,1-5H3,(H,116,117,118)(H,119,120,121)(H,122,123,124)(H,125,126,127)(H,89,93,94,95)(H3,90,91,92,96,97,98);;;;. The molecule has 14 rings (SSSR count). The van der Waals surface area contributed by atoms with E-state index in [-0.39, 0.29) is 82.3 Å². The van der Waals surface area contributed by atoms with E-state index in [1.165, 1.54) is 79.9 Å². The fourth-order valence-electron chi connectivity index (χ4n) is 12.4. The maximum absolute atomic E-state index is 12.7. The zero-order valence-corrected chi connectivity index (χ0v) is 83.2. The Hall–Kier alpha value is -17.5. The average Bonchev–Trinajstić information content (AvgIpc) is 0.931. The van der Waals surface area contributed by atoms with Crippen molar-refractivity contribution in [3.8, 4) is 5.75 Å². The van der Waals surface area contributed by atoms with Crippen LogP contribution in [0.15, 0.2) is 356 Å². The van der Waals surface area contributed by atoms with Gasteiger partial charge in [0.25, 0.3) is 40.5 Å². The molecule has 0 aliphatic heterocycles. The number of aliphatic hydroxyl groups excluding tert-OH is 1. The number of hydrogen-bond donors (Lipinski definition) is 9. The summed E-state index contributed by atoms with van der Waals surface area (Å²) in [6.45, 7) is 7.01. The van der Waals surface area contributed by atoms with E-state index >= 15 is 0 Å². The third kappa shape index (κ3) is 37.1. The summed E-state index contributed by atoms with van der Waals surface area (Å²) in [5.41, 5.74) is 10.5. The Bertz CT molecular complexity index is 8380. The molecule has 0 saturated carbocycles. The van der Waals surface area contributed by atoms with Crippen molar-refractivity contribution in [1.82, 2.24) is 29.9 Å². The number of nitrogens with zero attached hydrogens (tertiary/aromatic N) is 22. The summed E-state index contributed by atoms with van der Waals surface area (Å²) >= 11 is 0. The molecule has 0 saturated heterocycles. The predicted octanol–water partition coefficient (Wildman–Crippen LogP) is 19.3. The number of ether oxygens (including phenoxy) is 1. The van der Waals surface area contributed by atoms with Crippen LogP contribution in [0.2, 0.25) is 0 Å². The molecule has 0 radical (unpaired) electrons. The summed E-state index contributed by atoms with van der Waals surface area (Å²) in [7, 11) is -29.4. The third-order valence-electron chi connectivity index (χ3n) is 19.0. The summed E-state index contributed by atoms with van der Waals surface area (Å²) in [5.74, 6) is 1.34. The Morgan fingerprint density at radius 3 is 1.01 bits per heavy atom. The van der Waals surface area contributed by atoms with Crippen LogP contribution in [0.5, 0.6) is 5.75 Å². The fraction of sp³-hybridized carbons (Fsp3) is 0.114. The molecule has 762 valence electrons. The maximum atomic E-state index is 12.7. The lowest BCUT2D eigenvalue weighted by atomic mass is 10.0. The van der Waals surface area contributed by atoms with Gasteiger partial charge in [-0.15, -0.1) is 60.7 Å². The molecule has 0 atom stereocenters. The number of nitrogens with one attached hydrogen (secondary N) is 4. The van der Waals surface area contributed by atoms with Crippen LogP contribution < -0.4 is 26.0 Å². The quantitative estimate of drug-likeness (QED) is 0.0101. The number of aryl methyl sites for hydroxylation is 4. The highest BCUT2D eigenvalue weighted by atomic mass is 32.2. The van der Waals surface area contributed by atoms with Crippen molar-refractivity contribution < 1.29 is 112 Å². The zero-order chi connectivity index (χ0) is 107. The van der Waals surface area contributed by atoms with Gasteiger partial charge in [-0.2, -0.15) is 130 Å². The molecule has 14 aromatic rings. The maximum Gasteiger partial charge on any atom is 0.425 e. The van der Waals surface area contributed by atoms with Crippen molar-refractivity contribution in [2.45, 2.75) is 66.7 Å². The van der Waals surface area contributed by atoms with Gasteiger partial charge in [-0.05, 0) is 256 Å². The summed E-state index contributed by atoms with van der Waals surface area (Å²) in [6.07, 6.45) is 0.298. The first-order valence-electron chi connectivity index (χ1n) is 41.5. The zero-order valence-electron chi connectivity index (χ0n) is 76.7. The minimum absolute atomic E-state index is 0.0174. The van der Waals surface area contributed by atoms with Gasteiger partial charge in [-0.3, -0.25) is 18.2 Å². The Kier molecular flexibility index (Phi) is 40.5. The first-order chi connectivity index (χ1) is 70.3. The molecular formula is C88H76N26O26S8. The van der Waals surface area contributed by atoms with Crippen molar-refractivity contribution in [2.75, 3.05) is 41.5 Å². The lowest BCUT2D eigenvalue weighted by Gasteiger charge is -2.15. The second-order valence-corrected chi connectivity index (χ2v) is 36.8. The molecule has 60 heteroatoms. The third-order valence-corrected chi connectivity index (χ3v) is 22.5. The lowest BCUT2D eigenvalue weighted by molar-refractivity contribution is 0.282. The lowest BCUT2D eigenvalue weighted by Crippen LogP contribution is -2.19. The molecule has 0 bridgehead atoms. The highest BCUT2D eigenvalue weighted by Gasteiger charge is 2.23. The Balaban J connectivity index is 0.00000131. The van der Waals surface area contributed by atoms with Crippen molar-refractivity contribution in [2.24, 2.45) is 81.8 Å². The van der Waals surface area contributed by atoms with Crippen LogP contribution in [-0.2, 0) is 102 Å². The number of aromatic nitrogens is 6. The summed E-state index contributed by atoms with van der Waals surface area (Å²) in [5, 5.41) is 92.3. The van der Waals surface area contributed by atoms with E-state index in [0.29, 0.717) is 125 Å². The van der Waals surface area contributed by atoms with E-state index in [0.717, 1.165) is 23.3 Å². The number of azo groups is 8. The Morgan fingerprint density at radius 1 is 0.291 bits per heavy atom. The normalized spacial score (nSPS) is 11.6. The predicted molar refractivity (Wildman–Crippen MR) is 529 cm³/mol. The summed E-state index contributed by atoms with van der Waals surface area (Å²) in [4.78, 5) is 27.4. The molecule has 148 heavy (non-hydrogen) atoms. The highest BCUT2D eigenvalue weighted by molar-refractivity contribution is 7.86. The number of aliphatic hydroxyl groups is 1. The molecule has 12 aromatic carbocycles. The van der Waals surface area contributed by atoms with Gasteiger partial charge in [0.05, 0.1) is 103 Å². The Labute approximate surface area is 846 Å². The van der Waals surface area contributed by atoms with Gasteiger partial charge < -0.3 is 31.1 Å². The van der Waals surface area contributed by atoms with Crippen LogP contribution in [0.3, 0.4) is 0 Å². The Morgan fingerprint density at radius 2 is 0.608 bits per heavy atom. The molecular weight excluding hydrogens is 2090 g/mol. The van der Waals surface area contributed by atoms with Crippen LogP contribution >= 0.6 is 0 Å². The molecule has 0 fully saturated rings. The number of methoxy groups -OCH3 is 1. The second kappa shape index (κ2) is 53.2. The molecule has 2 aromatic heterocycles. The fourth-order valence-corrected chi connectivity index (χ4v) is 14.7. The summed E-state index contributed by atoms with van der Waals surface area (Å²) in [6, 6.07) is 66.8. The molecule has 2 heterocycles. The van der Waals surface area contributed by atoms with Crippen LogP contribution in [-0.4, -0.2) is 158 Å². The minimum atomic E-state index is -4.83. The van der Waals surface area contributed by atoms with Gasteiger partial charge in [-0.1, -0.05) is 48.5 Å². The minimum Gasteiger partial charge on any atom is -0.496 e. The van der Waals surface area contributed by atoms with Crippen LogP contribution in [0.25, 0.3) is 0 Å². The van der Waals surface area contributed by atoms with Gasteiger partial charge in [0.15, 0.2) is 0 Å². The van der Waals surface area contributed by atoms with Crippen molar-refractivity contribution in [3.05, 3.63) is 305 Å². The van der Waals surface area contributed by atoms with Gasteiger partial charge in [0.2, 0.25) is 23.8 Å². The average molecular weight is 2170 g/mol. The van der Waals surface area contributed by atoms with Crippen molar-refractivity contribution in [3.63, 3.8) is 0 Å². The molecule has 0 aliphatic rings. The first kappa shape index (κ1) is 113. The van der Waals surface area contributed by atoms with E-state index in [9.17, 15) is 57.0 Å². The van der Waals surface area contributed by atoms with E-state index in [4.69, 9.17) is 85.1 Å². The molecule has 0 unspecified atom stereocenters. The van der Waals surface area contributed by atoms with E-state index in [2.05, 4.69) is 103 Å².